The molecule has 2 aromatic rings. The maximum absolute atomic E-state index is 13.3. The number of hydrogen-bond donors (Lipinski definition) is 7. The molecule has 12 heteroatoms. The van der Waals surface area contributed by atoms with Crippen LogP contribution < -0.4 is 27.4 Å². The Morgan fingerprint density at radius 2 is 1.32 bits per heavy atom. The van der Waals surface area contributed by atoms with Crippen molar-refractivity contribution >= 4 is 29.6 Å². The highest BCUT2D eigenvalue weighted by molar-refractivity contribution is 5.94. The molecule has 0 heterocycles. The minimum atomic E-state index is -1.25. The number of carboxylic acids is 1. The summed E-state index contributed by atoms with van der Waals surface area (Å²) >= 11 is 0. The van der Waals surface area contributed by atoms with Gasteiger partial charge < -0.3 is 37.6 Å². The molecule has 9 N–H and O–H groups in total. The number of hydrogen-bond acceptors (Lipinski definition) is 7. The first-order chi connectivity index (χ1) is 18.9. The largest absolute Gasteiger partial charge is 0.508 e. The first kappa shape index (κ1) is 31.8. The predicted octanol–water partition coefficient (Wildman–Crippen LogP) is -0.0348. The van der Waals surface area contributed by atoms with E-state index in [2.05, 4.69) is 16.0 Å². The number of rotatable bonds is 15. The molecule has 0 spiro atoms. The number of primary amides is 1. The minimum absolute atomic E-state index is 0.000561. The van der Waals surface area contributed by atoms with Crippen LogP contribution in [0.15, 0.2) is 54.6 Å². The molecule has 0 aliphatic carbocycles. The molecule has 0 fully saturated rings. The average Bonchev–Trinajstić information content (AvgIpc) is 2.90. The molecule has 0 saturated carbocycles. The van der Waals surface area contributed by atoms with Gasteiger partial charge in [0.25, 0.3) is 0 Å². The molecular weight excluding hydrogens is 518 g/mol. The van der Waals surface area contributed by atoms with Crippen LogP contribution in [0, 0.1) is 5.92 Å². The molecule has 40 heavy (non-hydrogen) atoms. The van der Waals surface area contributed by atoms with Gasteiger partial charge in [0.1, 0.15) is 23.9 Å². The summed E-state index contributed by atoms with van der Waals surface area (Å²) in [5, 5.41) is 26.6. The van der Waals surface area contributed by atoms with Crippen molar-refractivity contribution in [1.82, 2.24) is 16.0 Å². The minimum Gasteiger partial charge on any atom is -0.508 e. The molecule has 0 aliphatic heterocycles. The number of nitrogens with two attached hydrogens (primary N) is 2. The molecule has 12 nitrogen and oxygen atoms in total. The van der Waals surface area contributed by atoms with Crippen molar-refractivity contribution < 1.29 is 34.2 Å². The van der Waals surface area contributed by atoms with Gasteiger partial charge in [0, 0.05) is 12.8 Å². The normalized spacial score (nSPS) is 13.9. The number of carbonyl (C=O) groups is 5. The van der Waals surface area contributed by atoms with Crippen molar-refractivity contribution in [2.45, 2.75) is 63.7 Å². The maximum Gasteiger partial charge on any atom is 0.326 e. The maximum atomic E-state index is 13.3. The van der Waals surface area contributed by atoms with E-state index in [-0.39, 0.29) is 31.4 Å². The zero-order chi connectivity index (χ0) is 29.8. The zero-order valence-corrected chi connectivity index (χ0v) is 22.5. The third kappa shape index (κ3) is 10.4. The van der Waals surface area contributed by atoms with E-state index in [0.29, 0.717) is 5.56 Å². The number of aromatic hydroxyl groups is 1. The molecule has 0 aliphatic rings. The molecule has 216 valence electrons. The molecule has 0 saturated heterocycles. The second kappa shape index (κ2) is 15.2. The molecule has 0 bridgehead atoms. The lowest BCUT2D eigenvalue weighted by Gasteiger charge is -2.26. The van der Waals surface area contributed by atoms with E-state index in [9.17, 15) is 34.2 Å². The van der Waals surface area contributed by atoms with Gasteiger partial charge in [-0.3, -0.25) is 19.2 Å². The Balaban J connectivity index is 2.24. The number of nitrogens with one attached hydrogen (secondary N) is 3. The first-order valence-corrected chi connectivity index (χ1v) is 12.9. The van der Waals surface area contributed by atoms with Gasteiger partial charge in [0.05, 0.1) is 6.04 Å². The van der Waals surface area contributed by atoms with Crippen LogP contribution in [-0.4, -0.2) is 64.0 Å². The topological polar surface area (TPSA) is 214 Å². The van der Waals surface area contributed by atoms with E-state index in [1.54, 1.807) is 50.2 Å². The van der Waals surface area contributed by atoms with E-state index in [1.807, 2.05) is 6.07 Å². The SMILES string of the molecule is CC(C)C(NC(=O)C(Cc1ccc(O)cc1)NC(=O)C(CCC(N)=O)NC(=O)C(N)Cc1ccccc1)C(=O)O. The van der Waals surface area contributed by atoms with Crippen LogP contribution in [0.25, 0.3) is 0 Å². The van der Waals surface area contributed by atoms with E-state index in [0.717, 1.165) is 5.56 Å². The van der Waals surface area contributed by atoms with Crippen molar-refractivity contribution in [3.8, 4) is 5.75 Å². The van der Waals surface area contributed by atoms with Crippen molar-refractivity contribution in [2.24, 2.45) is 17.4 Å². The van der Waals surface area contributed by atoms with Crippen LogP contribution in [0.5, 0.6) is 5.75 Å². The summed E-state index contributed by atoms with van der Waals surface area (Å²) in [6.45, 7) is 3.25. The van der Waals surface area contributed by atoms with Crippen LogP contribution in [0.2, 0.25) is 0 Å². The highest BCUT2D eigenvalue weighted by Crippen LogP contribution is 2.13. The Morgan fingerprint density at radius 3 is 1.88 bits per heavy atom. The Labute approximate surface area is 232 Å². The second-order valence-electron chi connectivity index (χ2n) is 9.86. The second-order valence-corrected chi connectivity index (χ2v) is 9.86. The summed E-state index contributed by atoms with van der Waals surface area (Å²) in [5.41, 5.74) is 12.7. The highest BCUT2D eigenvalue weighted by atomic mass is 16.4. The van der Waals surface area contributed by atoms with E-state index in [1.165, 1.54) is 12.1 Å². The molecule has 4 amide bonds. The number of amides is 4. The third-order valence-corrected chi connectivity index (χ3v) is 6.19. The number of carboxylic acid groups (broad SMARTS) is 1. The Kier molecular flexibility index (Phi) is 12.1. The quantitative estimate of drug-likeness (QED) is 0.158. The summed E-state index contributed by atoms with van der Waals surface area (Å²) in [7, 11) is 0. The van der Waals surface area contributed by atoms with Crippen LogP contribution in [0.3, 0.4) is 0 Å². The van der Waals surface area contributed by atoms with E-state index < -0.39 is 59.7 Å². The lowest BCUT2D eigenvalue weighted by atomic mass is 10.0. The number of carbonyl (C=O) groups excluding carboxylic acids is 4. The first-order valence-electron chi connectivity index (χ1n) is 12.9. The summed E-state index contributed by atoms with van der Waals surface area (Å²) in [5.74, 6) is -4.56. The van der Waals surface area contributed by atoms with Gasteiger partial charge in [0.15, 0.2) is 0 Å². The standard InChI is InChI=1S/C28H37N5O7/c1-16(2)24(28(39)40)33-27(38)22(15-18-8-10-19(34)11-9-18)32-26(37)21(12-13-23(30)35)31-25(36)20(29)14-17-6-4-3-5-7-17/h3-11,16,20-22,24,34H,12-15,29H2,1-2H3,(H2,30,35)(H,31,36)(H,32,37)(H,33,38)(H,39,40). The van der Waals surface area contributed by atoms with Crippen LogP contribution in [-0.2, 0) is 36.8 Å². The van der Waals surface area contributed by atoms with Crippen LogP contribution in [0.1, 0.15) is 37.8 Å². The Morgan fingerprint density at radius 1 is 0.775 bits per heavy atom. The van der Waals surface area contributed by atoms with Gasteiger partial charge in [-0.25, -0.2) is 4.79 Å². The lowest BCUT2D eigenvalue weighted by molar-refractivity contribution is -0.143. The fourth-order valence-corrected chi connectivity index (χ4v) is 3.91. The van der Waals surface area contributed by atoms with Crippen LogP contribution >= 0.6 is 0 Å². The fraction of sp³-hybridized carbons (Fsp3) is 0.393. The smallest absolute Gasteiger partial charge is 0.326 e. The monoisotopic (exact) mass is 555 g/mol. The molecule has 2 rings (SSSR count). The molecule has 2 aromatic carbocycles. The van der Waals surface area contributed by atoms with Gasteiger partial charge in [-0.2, -0.15) is 0 Å². The van der Waals surface area contributed by atoms with Crippen LogP contribution in [0.4, 0.5) is 0 Å². The molecule has 4 atom stereocenters. The number of benzene rings is 2. The predicted molar refractivity (Wildman–Crippen MR) is 147 cm³/mol. The third-order valence-electron chi connectivity index (χ3n) is 6.19. The Bertz CT molecular complexity index is 1170. The van der Waals surface area contributed by atoms with Gasteiger partial charge >= 0.3 is 5.97 Å². The van der Waals surface area contributed by atoms with Gasteiger partial charge in [-0.1, -0.05) is 56.3 Å². The zero-order valence-electron chi connectivity index (χ0n) is 22.5. The molecule has 0 radical (unpaired) electrons. The van der Waals surface area contributed by atoms with Gasteiger partial charge in [-0.15, -0.1) is 0 Å². The lowest BCUT2D eigenvalue weighted by Crippen LogP contribution is -2.58. The number of phenolic OH excluding ortho intramolecular Hbond substituents is 1. The van der Waals surface area contributed by atoms with Crippen molar-refractivity contribution in [3.05, 3.63) is 65.7 Å². The van der Waals surface area contributed by atoms with Crippen molar-refractivity contribution in [3.63, 3.8) is 0 Å². The molecular formula is C28H37N5O7. The summed E-state index contributed by atoms with van der Waals surface area (Å²) in [6, 6.07) is 10.2. The molecule has 4 unspecified atom stereocenters. The fourth-order valence-electron chi connectivity index (χ4n) is 3.91. The number of aliphatic carboxylic acids is 1. The van der Waals surface area contributed by atoms with Crippen molar-refractivity contribution in [2.75, 3.05) is 0 Å². The van der Waals surface area contributed by atoms with Gasteiger partial charge in [-0.05, 0) is 42.0 Å². The Hall–Kier alpha value is -4.45. The summed E-state index contributed by atoms with van der Waals surface area (Å²) in [6.07, 6.45) is -0.224. The van der Waals surface area contributed by atoms with Gasteiger partial charge in [0.2, 0.25) is 23.6 Å². The summed E-state index contributed by atoms with van der Waals surface area (Å²) in [4.78, 5) is 62.5. The highest BCUT2D eigenvalue weighted by Gasteiger charge is 2.31. The van der Waals surface area contributed by atoms with E-state index in [4.69, 9.17) is 11.5 Å². The molecule has 0 aromatic heterocycles. The number of phenols is 1. The van der Waals surface area contributed by atoms with Crippen molar-refractivity contribution in [1.29, 1.82) is 0 Å². The van der Waals surface area contributed by atoms with E-state index >= 15 is 0 Å². The summed E-state index contributed by atoms with van der Waals surface area (Å²) < 4.78 is 0. The average molecular weight is 556 g/mol.